The summed E-state index contributed by atoms with van der Waals surface area (Å²) in [6.45, 7) is 0. The van der Waals surface area contributed by atoms with Crippen LogP contribution in [0.1, 0.15) is 0 Å². The minimum atomic E-state index is 0.523. The molecule has 0 N–H and O–H groups in total. The second-order valence-corrected chi connectivity index (χ2v) is 16.3. The molecule has 63 heavy (non-hydrogen) atoms. The molecule has 0 aliphatic rings. The lowest BCUT2D eigenvalue weighted by Gasteiger charge is -2.19. The van der Waals surface area contributed by atoms with E-state index in [1.54, 1.807) is 0 Å². The van der Waals surface area contributed by atoms with Crippen LogP contribution in [0.15, 0.2) is 203 Å². The standard InChI is InChI=1S/C57H32N4O2/c1-2-15-33(16-3-1)55-58-56(43-26-14-25-40-38-21-10-12-27-48(38)62-53(40)43)60-57(59-55)51-39-22-8-9-23-41(39)54-50(42-24-11-13-28-49(42)63-54)52(51)61-46-31-36-19-6-4-17-34(36)29-44(46)45-30-35-18-5-7-20-37(35)32-47(45)61/h1-32H. The second-order valence-electron chi connectivity index (χ2n) is 16.3. The second kappa shape index (κ2) is 12.9. The molecule has 0 spiro atoms. The molecule has 292 valence electrons. The van der Waals surface area contributed by atoms with Gasteiger partial charge in [0.2, 0.25) is 0 Å². The van der Waals surface area contributed by atoms with Crippen molar-refractivity contribution in [2.45, 2.75) is 0 Å². The molecular weight excluding hydrogens is 773 g/mol. The molecule has 6 nitrogen and oxygen atoms in total. The van der Waals surface area contributed by atoms with Crippen LogP contribution in [0.25, 0.3) is 138 Å². The first kappa shape index (κ1) is 34.1. The van der Waals surface area contributed by atoms with Gasteiger partial charge in [0.1, 0.15) is 22.3 Å². The minimum absolute atomic E-state index is 0.523. The molecule has 0 aliphatic heterocycles. The number of furan rings is 2. The molecule has 0 unspecified atom stereocenters. The van der Waals surface area contributed by atoms with Gasteiger partial charge < -0.3 is 13.4 Å². The maximum atomic E-state index is 6.94. The van der Waals surface area contributed by atoms with Crippen molar-refractivity contribution in [1.29, 1.82) is 0 Å². The third-order valence-electron chi connectivity index (χ3n) is 12.8. The van der Waals surface area contributed by atoms with E-state index < -0.39 is 0 Å². The third kappa shape index (κ3) is 4.97. The quantitative estimate of drug-likeness (QED) is 0.177. The number of para-hydroxylation sites is 3. The average molecular weight is 805 g/mol. The van der Waals surface area contributed by atoms with Crippen LogP contribution in [0.4, 0.5) is 0 Å². The zero-order chi connectivity index (χ0) is 41.2. The number of nitrogens with zero attached hydrogens (tertiary/aromatic N) is 4. The first-order valence-electron chi connectivity index (χ1n) is 21.2. The van der Waals surface area contributed by atoms with E-state index in [1.165, 1.54) is 10.8 Å². The van der Waals surface area contributed by atoms with Crippen molar-refractivity contribution >= 4 is 98.0 Å². The SMILES string of the molecule is c1ccc(-c2nc(-c3c(-n4c5cc6ccccc6cc5c5cc6ccccc6cc54)c4c5ccccc5oc4c4ccccc34)nc(-c3cccc4c3oc3ccccc34)n2)cc1. The van der Waals surface area contributed by atoms with E-state index in [2.05, 4.69) is 150 Å². The number of hydrogen-bond acceptors (Lipinski definition) is 5. The van der Waals surface area contributed by atoms with Crippen LogP contribution >= 0.6 is 0 Å². The molecule has 4 aromatic heterocycles. The summed E-state index contributed by atoms with van der Waals surface area (Å²) in [6, 6.07) is 67.9. The topological polar surface area (TPSA) is 69.9 Å². The fourth-order valence-corrected chi connectivity index (χ4v) is 9.95. The summed E-state index contributed by atoms with van der Waals surface area (Å²) in [5, 5.41) is 13.0. The summed E-state index contributed by atoms with van der Waals surface area (Å²) >= 11 is 0. The van der Waals surface area contributed by atoms with E-state index in [1.807, 2.05) is 48.5 Å². The largest absolute Gasteiger partial charge is 0.455 e. The summed E-state index contributed by atoms with van der Waals surface area (Å²) in [5.41, 5.74) is 8.82. The van der Waals surface area contributed by atoms with Crippen molar-refractivity contribution < 1.29 is 8.83 Å². The van der Waals surface area contributed by atoms with Crippen LogP contribution < -0.4 is 0 Å². The van der Waals surface area contributed by atoms with E-state index in [0.29, 0.717) is 17.5 Å². The Morgan fingerprint density at radius 3 is 1.54 bits per heavy atom. The maximum absolute atomic E-state index is 6.94. The molecule has 0 aliphatic carbocycles. The van der Waals surface area contributed by atoms with Gasteiger partial charge in [0.15, 0.2) is 17.5 Å². The molecule has 14 rings (SSSR count). The highest BCUT2D eigenvalue weighted by molar-refractivity contribution is 6.26. The van der Waals surface area contributed by atoms with E-state index >= 15 is 0 Å². The fourth-order valence-electron chi connectivity index (χ4n) is 9.95. The van der Waals surface area contributed by atoms with E-state index in [0.717, 1.165) is 110 Å². The number of hydrogen-bond donors (Lipinski definition) is 0. The predicted molar refractivity (Wildman–Crippen MR) is 258 cm³/mol. The van der Waals surface area contributed by atoms with Crippen LogP contribution in [-0.2, 0) is 0 Å². The lowest BCUT2D eigenvalue weighted by molar-refractivity contribution is 0.669. The maximum Gasteiger partial charge on any atom is 0.167 e. The molecule has 14 aromatic rings. The molecule has 0 bridgehead atoms. The molecule has 10 aromatic carbocycles. The lowest BCUT2D eigenvalue weighted by Crippen LogP contribution is -2.05. The van der Waals surface area contributed by atoms with E-state index in [9.17, 15) is 0 Å². The van der Waals surface area contributed by atoms with Gasteiger partial charge in [-0.2, -0.15) is 0 Å². The first-order valence-corrected chi connectivity index (χ1v) is 21.2. The Morgan fingerprint density at radius 1 is 0.349 bits per heavy atom. The van der Waals surface area contributed by atoms with Gasteiger partial charge in [0, 0.05) is 37.9 Å². The Balaban J connectivity index is 1.20. The van der Waals surface area contributed by atoms with Gasteiger partial charge in [-0.15, -0.1) is 0 Å². The summed E-state index contributed by atoms with van der Waals surface area (Å²) in [4.78, 5) is 16.3. The summed E-state index contributed by atoms with van der Waals surface area (Å²) in [7, 11) is 0. The zero-order valence-electron chi connectivity index (χ0n) is 33.6. The highest BCUT2D eigenvalue weighted by Crippen LogP contribution is 2.48. The molecule has 0 atom stereocenters. The van der Waals surface area contributed by atoms with Gasteiger partial charge in [-0.1, -0.05) is 152 Å². The predicted octanol–water partition coefficient (Wildman–Crippen LogP) is 15.2. The molecule has 4 heterocycles. The van der Waals surface area contributed by atoms with E-state index in [4.69, 9.17) is 23.8 Å². The fraction of sp³-hybridized carbons (Fsp3) is 0. The number of aromatic nitrogens is 4. The van der Waals surface area contributed by atoms with Gasteiger partial charge in [-0.3, -0.25) is 0 Å². The molecule has 6 heteroatoms. The number of benzene rings is 10. The van der Waals surface area contributed by atoms with Gasteiger partial charge in [-0.05, 0) is 69.4 Å². The minimum Gasteiger partial charge on any atom is -0.455 e. The summed E-state index contributed by atoms with van der Waals surface area (Å²) < 4.78 is 16.0. The van der Waals surface area contributed by atoms with Gasteiger partial charge >= 0.3 is 0 Å². The molecule has 0 saturated carbocycles. The highest BCUT2D eigenvalue weighted by Gasteiger charge is 2.28. The van der Waals surface area contributed by atoms with Crippen molar-refractivity contribution in [1.82, 2.24) is 19.5 Å². The van der Waals surface area contributed by atoms with Crippen LogP contribution in [0.5, 0.6) is 0 Å². The van der Waals surface area contributed by atoms with Crippen molar-refractivity contribution in [3.8, 4) is 39.9 Å². The Labute approximate surface area is 358 Å². The summed E-state index contributed by atoms with van der Waals surface area (Å²) in [5.74, 6) is 1.63. The molecule has 0 amide bonds. The van der Waals surface area contributed by atoms with Crippen molar-refractivity contribution in [3.05, 3.63) is 194 Å². The van der Waals surface area contributed by atoms with Crippen LogP contribution in [0.3, 0.4) is 0 Å². The monoisotopic (exact) mass is 804 g/mol. The van der Waals surface area contributed by atoms with Crippen molar-refractivity contribution in [2.75, 3.05) is 0 Å². The Morgan fingerprint density at radius 2 is 0.841 bits per heavy atom. The zero-order valence-corrected chi connectivity index (χ0v) is 33.6. The third-order valence-corrected chi connectivity index (χ3v) is 12.8. The lowest BCUT2D eigenvalue weighted by atomic mass is 9.96. The Kier molecular flexibility index (Phi) is 7.02. The number of rotatable bonds is 4. The van der Waals surface area contributed by atoms with Gasteiger partial charge in [0.05, 0.1) is 33.2 Å². The van der Waals surface area contributed by atoms with Gasteiger partial charge in [0.25, 0.3) is 0 Å². The van der Waals surface area contributed by atoms with E-state index in [-0.39, 0.29) is 0 Å². The molecule has 0 radical (unpaired) electrons. The number of fused-ring (bicyclic) bond motifs is 13. The van der Waals surface area contributed by atoms with Crippen molar-refractivity contribution in [2.24, 2.45) is 0 Å². The molecule has 0 fully saturated rings. The Bertz CT molecular complexity index is 4120. The average Bonchev–Trinajstić information content (AvgIpc) is 4.02. The smallest absolute Gasteiger partial charge is 0.167 e. The Hall–Kier alpha value is -8.61. The summed E-state index contributed by atoms with van der Waals surface area (Å²) in [6.07, 6.45) is 0. The molecular formula is C57H32N4O2. The normalized spacial score (nSPS) is 12.1. The van der Waals surface area contributed by atoms with Crippen LogP contribution in [0, 0.1) is 0 Å². The highest BCUT2D eigenvalue weighted by atomic mass is 16.3. The van der Waals surface area contributed by atoms with Gasteiger partial charge in [-0.25, -0.2) is 15.0 Å². The van der Waals surface area contributed by atoms with Crippen LogP contribution in [-0.4, -0.2) is 19.5 Å². The first-order chi connectivity index (χ1) is 31.2. The molecule has 0 saturated heterocycles. The van der Waals surface area contributed by atoms with Crippen molar-refractivity contribution in [3.63, 3.8) is 0 Å². The van der Waals surface area contributed by atoms with Crippen LogP contribution in [0.2, 0.25) is 0 Å².